The molecule has 0 radical (unpaired) electrons. The number of carbonyl (C=O) groups is 1. The number of aldehydes is 1. The number of carbonyl (C=O) groups excluding carboxylic acids is 1. The minimum absolute atomic E-state index is 0.430. The van der Waals surface area contributed by atoms with Crippen LogP contribution in [0.3, 0.4) is 0 Å². The van der Waals surface area contributed by atoms with Gasteiger partial charge in [-0.2, -0.15) is 0 Å². The van der Waals surface area contributed by atoms with E-state index < -0.39 is 0 Å². The summed E-state index contributed by atoms with van der Waals surface area (Å²) in [6, 6.07) is 13.4. The van der Waals surface area contributed by atoms with Crippen LogP contribution < -0.4 is 9.47 Å². The fraction of sp³-hybridized carbons (Fsp3) is 0.167. The first kappa shape index (κ1) is 15.4. The molecular weight excluding hydrogens is 314 g/mol. The lowest BCUT2D eigenvalue weighted by Crippen LogP contribution is -2.00. The lowest BCUT2D eigenvalue weighted by molar-refractivity contribution is 0.112. The van der Waals surface area contributed by atoms with Gasteiger partial charge in [-0.15, -0.1) is 0 Å². The molecule has 0 amide bonds. The highest BCUT2D eigenvalue weighted by atomic mass is 35.5. The minimum Gasteiger partial charge on any atom is -0.497 e. The van der Waals surface area contributed by atoms with E-state index in [1.807, 2.05) is 47.0 Å². The molecular formula is C18H16ClNO3. The van der Waals surface area contributed by atoms with Crippen molar-refractivity contribution in [3.63, 3.8) is 0 Å². The lowest BCUT2D eigenvalue weighted by atomic mass is 10.2. The molecule has 0 aliphatic rings. The molecule has 0 bridgehead atoms. The summed E-state index contributed by atoms with van der Waals surface area (Å²) in [4.78, 5) is 11.4. The van der Waals surface area contributed by atoms with Crippen LogP contribution in [-0.4, -0.2) is 25.1 Å². The van der Waals surface area contributed by atoms with E-state index in [-0.39, 0.29) is 0 Å². The van der Waals surface area contributed by atoms with Gasteiger partial charge in [-0.1, -0.05) is 23.7 Å². The topological polar surface area (TPSA) is 40.5 Å². The molecule has 0 aliphatic heterocycles. The first-order chi connectivity index (χ1) is 11.2. The summed E-state index contributed by atoms with van der Waals surface area (Å²) >= 11 is 6.42. The Morgan fingerprint density at radius 2 is 1.70 bits per heavy atom. The second-order valence-electron chi connectivity index (χ2n) is 5.14. The Balaban J connectivity index is 2.09. The second kappa shape index (κ2) is 6.34. The summed E-state index contributed by atoms with van der Waals surface area (Å²) in [6.07, 6.45) is 0.786. The van der Waals surface area contributed by atoms with Crippen LogP contribution in [0, 0.1) is 0 Å². The zero-order valence-electron chi connectivity index (χ0n) is 12.9. The average Bonchev–Trinajstić information content (AvgIpc) is 2.86. The molecule has 0 spiro atoms. The van der Waals surface area contributed by atoms with Crippen molar-refractivity contribution < 1.29 is 14.3 Å². The maximum Gasteiger partial charge on any atom is 0.153 e. The zero-order valence-corrected chi connectivity index (χ0v) is 13.6. The maximum absolute atomic E-state index is 11.4. The van der Waals surface area contributed by atoms with E-state index >= 15 is 0 Å². The summed E-state index contributed by atoms with van der Waals surface area (Å²) in [5.41, 5.74) is 2.45. The summed E-state index contributed by atoms with van der Waals surface area (Å²) in [7, 11) is 3.23. The molecule has 2 aromatic carbocycles. The number of hydrogen-bond donors (Lipinski definition) is 0. The summed E-state index contributed by atoms with van der Waals surface area (Å²) in [6.45, 7) is 0.569. The Hall–Kier alpha value is -2.46. The van der Waals surface area contributed by atoms with Crippen LogP contribution in [0.5, 0.6) is 11.5 Å². The van der Waals surface area contributed by atoms with Crippen molar-refractivity contribution in [3.05, 3.63) is 58.7 Å². The lowest BCUT2D eigenvalue weighted by Gasteiger charge is -2.09. The molecule has 0 fully saturated rings. The molecule has 3 aromatic rings. The van der Waals surface area contributed by atoms with Crippen molar-refractivity contribution in [2.45, 2.75) is 6.54 Å². The van der Waals surface area contributed by atoms with Crippen LogP contribution in [0.25, 0.3) is 10.9 Å². The second-order valence-corrected chi connectivity index (χ2v) is 5.50. The molecule has 1 heterocycles. The first-order valence-corrected chi connectivity index (χ1v) is 7.49. The molecule has 0 aliphatic carbocycles. The van der Waals surface area contributed by atoms with Crippen molar-refractivity contribution >= 4 is 28.8 Å². The van der Waals surface area contributed by atoms with Gasteiger partial charge < -0.3 is 14.0 Å². The number of hydrogen-bond acceptors (Lipinski definition) is 3. The molecule has 0 unspecified atom stereocenters. The van der Waals surface area contributed by atoms with Crippen molar-refractivity contribution in [1.29, 1.82) is 0 Å². The third-order valence-electron chi connectivity index (χ3n) is 3.86. The smallest absolute Gasteiger partial charge is 0.153 e. The normalized spacial score (nSPS) is 10.7. The number of ether oxygens (including phenoxy) is 2. The molecule has 118 valence electrons. The fourth-order valence-electron chi connectivity index (χ4n) is 2.64. The number of halogens is 1. The van der Waals surface area contributed by atoms with E-state index in [1.165, 1.54) is 0 Å². The molecule has 23 heavy (non-hydrogen) atoms. The Morgan fingerprint density at radius 1 is 1.04 bits per heavy atom. The zero-order chi connectivity index (χ0) is 16.4. The van der Waals surface area contributed by atoms with E-state index in [0.29, 0.717) is 23.0 Å². The molecule has 0 saturated heterocycles. The van der Waals surface area contributed by atoms with Crippen LogP contribution >= 0.6 is 11.6 Å². The van der Waals surface area contributed by atoms with Crippen molar-refractivity contribution in [2.24, 2.45) is 0 Å². The fourth-order valence-corrected chi connectivity index (χ4v) is 2.93. The van der Waals surface area contributed by atoms with E-state index in [9.17, 15) is 4.79 Å². The molecule has 5 heteroatoms. The molecule has 0 N–H and O–H groups in total. The van der Waals surface area contributed by atoms with Gasteiger partial charge in [0.15, 0.2) is 6.29 Å². The number of methoxy groups -OCH3 is 2. The van der Waals surface area contributed by atoms with Crippen molar-refractivity contribution in [1.82, 2.24) is 4.57 Å². The van der Waals surface area contributed by atoms with Gasteiger partial charge in [-0.3, -0.25) is 4.79 Å². The van der Waals surface area contributed by atoms with Gasteiger partial charge in [-0.05, 0) is 35.9 Å². The van der Waals surface area contributed by atoms with Crippen LogP contribution in [-0.2, 0) is 6.54 Å². The van der Waals surface area contributed by atoms with E-state index in [2.05, 4.69) is 0 Å². The van der Waals surface area contributed by atoms with Crippen LogP contribution in [0.15, 0.2) is 42.5 Å². The number of nitrogens with zero attached hydrogens (tertiary/aromatic N) is 1. The highest BCUT2D eigenvalue weighted by molar-refractivity contribution is 6.34. The summed E-state index contributed by atoms with van der Waals surface area (Å²) in [5.74, 6) is 1.49. The molecule has 3 rings (SSSR count). The molecule has 0 saturated carbocycles. The standard InChI is InChI=1S/C18H16ClNO3/c1-22-13-5-3-12(4-6-13)10-20-17-8-7-14(23-2)9-15(17)16(11-21)18(20)19/h3-9,11H,10H2,1-2H3. The summed E-state index contributed by atoms with van der Waals surface area (Å²) < 4.78 is 12.3. The monoisotopic (exact) mass is 329 g/mol. The van der Waals surface area contributed by atoms with Crippen molar-refractivity contribution in [3.8, 4) is 11.5 Å². The van der Waals surface area contributed by atoms with Gasteiger partial charge in [0.25, 0.3) is 0 Å². The van der Waals surface area contributed by atoms with Crippen LogP contribution in [0.4, 0.5) is 0 Å². The largest absolute Gasteiger partial charge is 0.497 e. The first-order valence-electron chi connectivity index (χ1n) is 7.11. The van der Waals surface area contributed by atoms with Gasteiger partial charge in [0, 0.05) is 11.9 Å². The van der Waals surface area contributed by atoms with E-state index in [0.717, 1.165) is 28.5 Å². The van der Waals surface area contributed by atoms with E-state index in [4.69, 9.17) is 21.1 Å². The predicted molar refractivity (Wildman–Crippen MR) is 91.0 cm³/mol. The maximum atomic E-state index is 11.4. The molecule has 0 atom stereocenters. The molecule has 1 aromatic heterocycles. The molecule has 4 nitrogen and oxygen atoms in total. The highest BCUT2D eigenvalue weighted by Gasteiger charge is 2.16. The van der Waals surface area contributed by atoms with Gasteiger partial charge in [0.2, 0.25) is 0 Å². The highest BCUT2D eigenvalue weighted by Crippen LogP contribution is 2.32. The van der Waals surface area contributed by atoms with E-state index in [1.54, 1.807) is 14.2 Å². The van der Waals surface area contributed by atoms with Crippen LogP contribution in [0.1, 0.15) is 15.9 Å². The third kappa shape index (κ3) is 2.78. The quantitative estimate of drug-likeness (QED) is 0.659. The number of rotatable bonds is 5. The number of benzene rings is 2. The van der Waals surface area contributed by atoms with Crippen LogP contribution in [0.2, 0.25) is 5.15 Å². The van der Waals surface area contributed by atoms with Gasteiger partial charge in [-0.25, -0.2) is 0 Å². The van der Waals surface area contributed by atoms with Gasteiger partial charge in [0.05, 0.1) is 25.3 Å². The van der Waals surface area contributed by atoms with Gasteiger partial charge in [0.1, 0.15) is 16.7 Å². The minimum atomic E-state index is 0.430. The van der Waals surface area contributed by atoms with Crippen molar-refractivity contribution in [2.75, 3.05) is 14.2 Å². The Bertz CT molecular complexity index is 853. The average molecular weight is 330 g/mol. The summed E-state index contributed by atoms with van der Waals surface area (Å²) in [5, 5.41) is 1.22. The SMILES string of the molecule is COc1ccc(Cn2c(Cl)c(C=O)c3cc(OC)ccc32)cc1. The van der Waals surface area contributed by atoms with Gasteiger partial charge >= 0.3 is 0 Å². The Morgan fingerprint density at radius 3 is 2.30 bits per heavy atom. The Kier molecular flexibility index (Phi) is 4.26. The number of fused-ring (bicyclic) bond motifs is 1. The number of aromatic nitrogens is 1. The Labute approximate surface area is 139 Å². The third-order valence-corrected chi connectivity index (χ3v) is 4.27. The predicted octanol–water partition coefficient (Wildman–Crippen LogP) is 4.17.